The zero-order valence-electron chi connectivity index (χ0n) is 12.3. The highest BCUT2D eigenvalue weighted by atomic mass is 32.1. The molecule has 0 saturated heterocycles. The molecular weight excluding hydrogens is 312 g/mol. The number of amides is 1. The van der Waals surface area contributed by atoms with E-state index in [0.717, 1.165) is 16.1 Å². The van der Waals surface area contributed by atoms with Gasteiger partial charge in [0.1, 0.15) is 11.5 Å². The number of hydrogen-bond donors (Lipinski definition) is 2. The van der Waals surface area contributed by atoms with E-state index < -0.39 is 0 Å². The van der Waals surface area contributed by atoms with E-state index in [1.165, 1.54) is 0 Å². The van der Waals surface area contributed by atoms with Gasteiger partial charge in [0.05, 0.1) is 24.4 Å². The van der Waals surface area contributed by atoms with Gasteiger partial charge in [0.2, 0.25) is 5.91 Å². The fourth-order valence-corrected chi connectivity index (χ4v) is 2.88. The van der Waals surface area contributed by atoms with E-state index in [1.807, 2.05) is 29.6 Å². The molecule has 0 aliphatic rings. The van der Waals surface area contributed by atoms with Crippen molar-refractivity contribution >= 4 is 23.1 Å². The van der Waals surface area contributed by atoms with Crippen LogP contribution in [0.5, 0.6) is 0 Å². The van der Waals surface area contributed by atoms with Gasteiger partial charge in [-0.05, 0) is 23.1 Å². The van der Waals surface area contributed by atoms with E-state index in [2.05, 4.69) is 15.4 Å². The van der Waals surface area contributed by atoms with E-state index in [9.17, 15) is 9.90 Å². The second-order valence-corrected chi connectivity index (χ2v) is 5.87. The Morgan fingerprint density at radius 2 is 2.26 bits per heavy atom. The van der Waals surface area contributed by atoms with Crippen LogP contribution in [-0.4, -0.2) is 32.4 Å². The van der Waals surface area contributed by atoms with Crippen LogP contribution in [0, 0.1) is 0 Å². The van der Waals surface area contributed by atoms with E-state index in [0.29, 0.717) is 12.4 Å². The van der Waals surface area contributed by atoms with Gasteiger partial charge in [-0.15, -0.1) is 11.3 Å². The topological polar surface area (TPSA) is 80.0 Å². The average Bonchev–Trinajstić information content (AvgIpc) is 3.19. The molecule has 0 fully saturated rings. The van der Waals surface area contributed by atoms with E-state index >= 15 is 0 Å². The van der Waals surface area contributed by atoms with Crippen LogP contribution in [0.4, 0.5) is 5.82 Å². The molecular formula is C16H16N4O2S. The highest BCUT2D eigenvalue weighted by Gasteiger charge is 2.13. The number of nitrogens with zero attached hydrogens (tertiary/aromatic N) is 3. The van der Waals surface area contributed by atoms with Gasteiger partial charge in [-0.1, -0.05) is 12.1 Å². The highest BCUT2D eigenvalue weighted by Crippen LogP contribution is 2.26. The monoisotopic (exact) mass is 328 g/mol. The zero-order valence-corrected chi connectivity index (χ0v) is 13.2. The molecule has 0 unspecified atom stereocenters. The van der Waals surface area contributed by atoms with Crippen molar-refractivity contribution in [2.45, 2.75) is 13.0 Å². The Kier molecular flexibility index (Phi) is 4.80. The molecule has 6 nitrogen and oxygen atoms in total. The number of anilines is 1. The van der Waals surface area contributed by atoms with Gasteiger partial charge in [0, 0.05) is 18.5 Å². The Bertz CT molecular complexity index is 769. The van der Waals surface area contributed by atoms with Crippen LogP contribution in [-0.2, 0) is 17.8 Å². The summed E-state index contributed by atoms with van der Waals surface area (Å²) in [5, 5.41) is 18.4. The lowest BCUT2D eigenvalue weighted by Gasteiger charge is -2.07. The number of aliphatic hydroxyl groups excluding tert-OH is 1. The number of carbonyl (C=O) groups is 1. The average molecular weight is 328 g/mol. The number of aliphatic hydroxyl groups is 1. The van der Waals surface area contributed by atoms with E-state index in [1.54, 1.807) is 34.5 Å². The number of carbonyl (C=O) groups excluding carboxylic acids is 1. The van der Waals surface area contributed by atoms with Gasteiger partial charge in [0.15, 0.2) is 0 Å². The molecule has 3 aromatic heterocycles. The van der Waals surface area contributed by atoms with Gasteiger partial charge in [-0.25, -0.2) is 4.68 Å². The quantitative estimate of drug-likeness (QED) is 0.727. The summed E-state index contributed by atoms with van der Waals surface area (Å²) < 4.78 is 1.61. The van der Waals surface area contributed by atoms with Crippen molar-refractivity contribution in [1.29, 1.82) is 0 Å². The molecule has 0 aliphatic carbocycles. The van der Waals surface area contributed by atoms with Crippen molar-refractivity contribution in [2.75, 3.05) is 11.9 Å². The second-order valence-electron chi connectivity index (χ2n) is 4.93. The first-order chi connectivity index (χ1) is 11.3. The molecule has 0 aliphatic heterocycles. The SMILES string of the molecule is O=C(Cc1cccnc1)Nc1cc(-c2cccs2)nn1CCO. The third-order valence-electron chi connectivity index (χ3n) is 3.22. The first-order valence-corrected chi connectivity index (χ1v) is 8.05. The second kappa shape index (κ2) is 7.17. The van der Waals surface area contributed by atoms with Crippen molar-refractivity contribution in [3.63, 3.8) is 0 Å². The summed E-state index contributed by atoms with van der Waals surface area (Å²) in [6.45, 7) is 0.283. The van der Waals surface area contributed by atoms with Gasteiger partial charge in [-0.2, -0.15) is 5.10 Å². The third kappa shape index (κ3) is 3.82. The van der Waals surface area contributed by atoms with Gasteiger partial charge in [0.25, 0.3) is 0 Å². The molecule has 3 heterocycles. The van der Waals surface area contributed by atoms with Crippen LogP contribution in [0.1, 0.15) is 5.56 Å². The predicted molar refractivity (Wildman–Crippen MR) is 89.2 cm³/mol. The minimum absolute atomic E-state index is 0.0446. The van der Waals surface area contributed by atoms with Crippen LogP contribution in [0.25, 0.3) is 10.6 Å². The Balaban J connectivity index is 1.77. The zero-order chi connectivity index (χ0) is 16.1. The summed E-state index contributed by atoms with van der Waals surface area (Å²) in [4.78, 5) is 17.2. The lowest BCUT2D eigenvalue weighted by molar-refractivity contribution is -0.115. The number of nitrogens with one attached hydrogen (secondary N) is 1. The van der Waals surface area contributed by atoms with Crippen molar-refractivity contribution in [2.24, 2.45) is 0 Å². The molecule has 0 radical (unpaired) electrons. The summed E-state index contributed by atoms with van der Waals surface area (Å²) in [6.07, 6.45) is 3.58. The molecule has 0 bridgehead atoms. The summed E-state index contributed by atoms with van der Waals surface area (Å²) in [5.41, 5.74) is 1.63. The number of thiophene rings is 1. The van der Waals surface area contributed by atoms with Crippen LogP contribution in [0.2, 0.25) is 0 Å². The molecule has 2 N–H and O–H groups in total. The Morgan fingerprint density at radius 1 is 1.35 bits per heavy atom. The molecule has 23 heavy (non-hydrogen) atoms. The standard InChI is InChI=1S/C16H16N4O2S/c21-7-6-20-15(10-13(19-20)14-4-2-8-23-14)18-16(22)9-12-3-1-5-17-11-12/h1-5,8,10-11,21H,6-7,9H2,(H,18,22). The summed E-state index contributed by atoms with van der Waals surface area (Å²) in [7, 11) is 0. The molecule has 7 heteroatoms. The van der Waals surface area contributed by atoms with Gasteiger partial charge in [-0.3, -0.25) is 9.78 Å². The van der Waals surface area contributed by atoms with Crippen molar-refractivity contribution < 1.29 is 9.90 Å². The summed E-state index contributed by atoms with van der Waals surface area (Å²) in [5.74, 6) is 0.436. The van der Waals surface area contributed by atoms with E-state index in [-0.39, 0.29) is 18.9 Å². The molecule has 3 rings (SSSR count). The van der Waals surface area contributed by atoms with Crippen LogP contribution in [0.15, 0.2) is 48.1 Å². The Morgan fingerprint density at radius 3 is 2.96 bits per heavy atom. The number of hydrogen-bond acceptors (Lipinski definition) is 5. The largest absolute Gasteiger partial charge is 0.394 e. The Labute approximate surface area is 137 Å². The van der Waals surface area contributed by atoms with Gasteiger partial charge >= 0.3 is 0 Å². The van der Waals surface area contributed by atoms with Crippen molar-refractivity contribution in [3.8, 4) is 10.6 Å². The normalized spacial score (nSPS) is 10.7. The minimum Gasteiger partial charge on any atom is -0.394 e. The van der Waals surface area contributed by atoms with Crippen LogP contribution >= 0.6 is 11.3 Å². The molecule has 0 aromatic carbocycles. The molecule has 1 amide bonds. The lowest BCUT2D eigenvalue weighted by Crippen LogP contribution is -2.18. The molecule has 0 spiro atoms. The maximum absolute atomic E-state index is 12.2. The van der Waals surface area contributed by atoms with E-state index in [4.69, 9.17) is 0 Å². The number of aromatic nitrogens is 3. The number of pyridine rings is 1. The first kappa shape index (κ1) is 15.4. The van der Waals surface area contributed by atoms with Crippen molar-refractivity contribution in [3.05, 3.63) is 53.7 Å². The predicted octanol–water partition coefficient (Wildman–Crippen LogP) is 2.18. The molecule has 118 valence electrons. The smallest absolute Gasteiger partial charge is 0.229 e. The van der Waals surface area contributed by atoms with Crippen molar-refractivity contribution in [1.82, 2.24) is 14.8 Å². The first-order valence-electron chi connectivity index (χ1n) is 7.17. The minimum atomic E-state index is -0.144. The maximum atomic E-state index is 12.2. The molecule has 0 saturated carbocycles. The maximum Gasteiger partial charge on any atom is 0.229 e. The molecule has 0 atom stereocenters. The lowest BCUT2D eigenvalue weighted by atomic mass is 10.2. The van der Waals surface area contributed by atoms with Gasteiger partial charge < -0.3 is 10.4 Å². The third-order valence-corrected chi connectivity index (χ3v) is 4.11. The number of rotatable bonds is 6. The highest BCUT2D eigenvalue weighted by molar-refractivity contribution is 7.13. The Hall–Kier alpha value is -2.51. The summed E-state index contributed by atoms with van der Waals surface area (Å²) in [6, 6.07) is 9.40. The fraction of sp³-hybridized carbons (Fsp3) is 0.188. The molecule has 3 aromatic rings. The van der Waals surface area contributed by atoms with Crippen LogP contribution in [0.3, 0.4) is 0 Å². The fourth-order valence-electron chi connectivity index (χ4n) is 2.20. The van der Waals surface area contributed by atoms with Crippen LogP contribution < -0.4 is 5.32 Å². The summed E-state index contributed by atoms with van der Waals surface area (Å²) >= 11 is 1.58.